The zero-order valence-electron chi connectivity index (χ0n) is 16.8. The van der Waals surface area contributed by atoms with Crippen molar-refractivity contribution in [1.29, 1.82) is 0 Å². The first-order valence-corrected chi connectivity index (χ1v) is 9.39. The summed E-state index contributed by atoms with van der Waals surface area (Å²) in [5.41, 5.74) is 0.602. The molecule has 1 unspecified atom stereocenters. The molecule has 0 saturated carbocycles. The molecule has 1 fully saturated rings. The summed E-state index contributed by atoms with van der Waals surface area (Å²) in [7, 11) is 1.47. The lowest BCUT2D eigenvalue weighted by atomic mass is 9.74. The fourth-order valence-electron chi connectivity index (χ4n) is 3.39. The van der Waals surface area contributed by atoms with Gasteiger partial charge in [0.25, 0.3) is 0 Å². The summed E-state index contributed by atoms with van der Waals surface area (Å²) in [5, 5.41) is 0. The van der Waals surface area contributed by atoms with Crippen LogP contribution in [-0.2, 0) is 9.53 Å². The molecule has 5 heteroatoms. The van der Waals surface area contributed by atoms with Crippen LogP contribution in [0.15, 0.2) is 6.07 Å². The number of ether oxygens (including phenoxy) is 1. The SMILES string of the molecule is COC(=O)C(C)(C)C1CCCN(c2cc(C(C)C)nc(C(C)C)n2)C1. The molecule has 1 aromatic rings. The molecular weight excluding hydrogens is 314 g/mol. The molecule has 0 radical (unpaired) electrons. The van der Waals surface area contributed by atoms with Crippen molar-refractivity contribution in [2.45, 2.75) is 66.2 Å². The lowest BCUT2D eigenvalue weighted by molar-refractivity contribution is -0.154. The number of hydrogen-bond acceptors (Lipinski definition) is 5. The van der Waals surface area contributed by atoms with Crippen LogP contribution in [0.25, 0.3) is 0 Å². The van der Waals surface area contributed by atoms with Crippen molar-refractivity contribution in [3.8, 4) is 0 Å². The van der Waals surface area contributed by atoms with E-state index in [0.717, 1.165) is 43.3 Å². The van der Waals surface area contributed by atoms with Crippen LogP contribution in [0.5, 0.6) is 0 Å². The molecule has 1 atom stereocenters. The third kappa shape index (κ3) is 4.31. The number of hydrogen-bond donors (Lipinski definition) is 0. The topological polar surface area (TPSA) is 55.3 Å². The van der Waals surface area contributed by atoms with Crippen LogP contribution in [0.4, 0.5) is 5.82 Å². The van der Waals surface area contributed by atoms with E-state index in [-0.39, 0.29) is 11.9 Å². The largest absolute Gasteiger partial charge is 0.469 e. The fraction of sp³-hybridized carbons (Fsp3) is 0.750. The van der Waals surface area contributed by atoms with E-state index in [2.05, 4.69) is 38.7 Å². The van der Waals surface area contributed by atoms with Gasteiger partial charge >= 0.3 is 5.97 Å². The molecule has 1 aromatic heterocycles. The molecule has 0 bridgehead atoms. The van der Waals surface area contributed by atoms with Gasteiger partial charge in [0.15, 0.2) is 0 Å². The summed E-state index contributed by atoms with van der Waals surface area (Å²) >= 11 is 0. The van der Waals surface area contributed by atoms with Gasteiger partial charge in [-0.1, -0.05) is 27.7 Å². The number of methoxy groups -OCH3 is 1. The highest BCUT2D eigenvalue weighted by Crippen LogP contribution is 2.36. The molecular formula is C20H33N3O2. The Labute approximate surface area is 152 Å². The molecule has 0 aromatic carbocycles. The molecule has 0 spiro atoms. The molecule has 2 heterocycles. The van der Waals surface area contributed by atoms with Crippen molar-refractivity contribution in [3.05, 3.63) is 17.6 Å². The highest BCUT2D eigenvalue weighted by molar-refractivity contribution is 5.76. The van der Waals surface area contributed by atoms with Gasteiger partial charge in [0.05, 0.1) is 12.5 Å². The molecule has 25 heavy (non-hydrogen) atoms. The van der Waals surface area contributed by atoms with E-state index in [0.29, 0.717) is 11.8 Å². The van der Waals surface area contributed by atoms with Gasteiger partial charge in [-0.3, -0.25) is 4.79 Å². The third-order valence-corrected chi connectivity index (χ3v) is 5.34. The summed E-state index contributed by atoms with van der Waals surface area (Å²) in [6, 6.07) is 2.12. The fourth-order valence-corrected chi connectivity index (χ4v) is 3.39. The second-order valence-corrected chi connectivity index (χ2v) is 8.32. The van der Waals surface area contributed by atoms with E-state index in [1.807, 2.05) is 13.8 Å². The third-order valence-electron chi connectivity index (χ3n) is 5.34. The van der Waals surface area contributed by atoms with Gasteiger partial charge in [0.1, 0.15) is 11.6 Å². The molecule has 0 amide bonds. The Morgan fingerprint density at radius 1 is 1.24 bits per heavy atom. The number of piperidine rings is 1. The molecule has 1 saturated heterocycles. The van der Waals surface area contributed by atoms with Gasteiger partial charge in [0.2, 0.25) is 0 Å². The van der Waals surface area contributed by atoms with Gasteiger partial charge < -0.3 is 9.64 Å². The number of esters is 1. The monoisotopic (exact) mass is 347 g/mol. The van der Waals surface area contributed by atoms with Gasteiger partial charge in [0, 0.05) is 30.8 Å². The Morgan fingerprint density at radius 2 is 1.92 bits per heavy atom. The minimum absolute atomic E-state index is 0.132. The van der Waals surface area contributed by atoms with Crippen molar-refractivity contribution in [2.75, 3.05) is 25.1 Å². The zero-order valence-corrected chi connectivity index (χ0v) is 16.8. The second kappa shape index (κ2) is 7.71. The van der Waals surface area contributed by atoms with Crippen molar-refractivity contribution < 1.29 is 9.53 Å². The average molecular weight is 348 g/mol. The maximum absolute atomic E-state index is 12.2. The normalized spacial score (nSPS) is 18.8. The summed E-state index contributed by atoms with van der Waals surface area (Å²) < 4.78 is 5.03. The Hall–Kier alpha value is -1.65. The molecule has 0 aliphatic carbocycles. The standard InChI is InChI=1S/C20H33N3O2/c1-13(2)16-11-17(22-18(21-16)14(3)4)23-10-8-9-15(12-23)20(5,6)19(24)25-7/h11,13-15H,8-10,12H2,1-7H3. The summed E-state index contributed by atoms with van der Waals surface area (Å²) in [4.78, 5) is 24.1. The molecule has 1 aliphatic rings. The first-order valence-electron chi connectivity index (χ1n) is 9.39. The lowest BCUT2D eigenvalue weighted by Gasteiger charge is -2.40. The first-order chi connectivity index (χ1) is 11.7. The number of aromatic nitrogens is 2. The number of anilines is 1. The van der Waals surface area contributed by atoms with Gasteiger partial charge in [-0.15, -0.1) is 0 Å². The predicted octanol–water partition coefficient (Wildman–Crippen LogP) is 4.14. The Morgan fingerprint density at radius 3 is 2.48 bits per heavy atom. The summed E-state index contributed by atoms with van der Waals surface area (Å²) in [6.07, 6.45) is 2.10. The molecule has 140 valence electrons. The van der Waals surface area contributed by atoms with Crippen LogP contribution < -0.4 is 4.90 Å². The maximum Gasteiger partial charge on any atom is 0.311 e. The Balaban J connectivity index is 2.30. The van der Waals surface area contributed by atoms with E-state index in [1.54, 1.807) is 0 Å². The highest BCUT2D eigenvalue weighted by atomic mass is 16.5. The van der Waals surface area contributed by atoms with Crippen LogP contribution in [0.2, 0.25) is 0 Å². The smallest absolute Gasteiger partial charge is 0.311 e. The first kappa shape index (κ1) is 19.7. The van der Waals surface area contributed by atoms with E-state index in [9.17, 15) is 4.79 Å². The zero-order chi connectivity index (χ0) is 18.8. The maximum atomic E-state index is 12.2. The van der Waals surface area contributed by atoms with Gasteiger partial charge in [-0.2, -0.15) is 0 Å². The van der Waals surface area contributed by atoms with Crippen molar-refractivity contribution in [3.63, 3.8) is 0 Å². The Bertz CT molecular complexity index is 585. The van der Waals surface area contributed by atoms with E-state index >= 15 is 0 Å². The van der Waals surface area contributed by atoms with Crippen LogP contribution in [0, 0.1) is 11.3 Å². The van der Waals surface area contributed by atoms with Crippen LogP contribution in [-0.4, -0.2) is 36.1 Å². The van der Waals surface area contributed by atoms with Crippen molar-refractivity contribution in [2.24, 2.45) is 11.3 Å². The van der Waals surface area contributed by atoms with E-state index in [4.69, 9.17) is 14.7 Å². The average Bonchev–Trinajstić information content (AvgIpc) is 2.60. The van der Waals surface area contributed by atoms with Gasteiger partial charge in [-0.25, -0.2) is 9.97 Å². The molecule has 0 N–H and O–H groups in total. The highest BCUT2D eigenvalue weighted by Gasteiger charge is 2.40. The number of rotatable bonds is 5. The molecule has 2 rings (SSSR count). The summed E-state index contributed by atoms with van der Waals surface area (Å²) in [6.45, 7) is 14.4. The van der Waals surface area contributed by atoms with E-state index in [1.165, 1.54) is 7.11 Å². The predicted molar refractivity (Wildman–Crippen MR) is 101 cm³/mol. The second-order valence-electron chi connectivity index (χ2n) is 8.32. The van der Waals surface area contributed by atoms with Crippen LogP contribution in [0.1, 0.15) is 77.7 Å². The number of carbonyl (C=O) groups is 1. The minimum Gasteiger partial charge on any atom is -0.469 e. The van der Waals surface area contributed by atoms with Crippen molar-refractivity contribution >= 4 is 11.8 Å². The van der Waals surface area contributed by atoms with Crippen molar-refractivity contribution in [1.82, 2.24) is 9.97 Å². The lowest BCUT2D eigenvalue weighted by Crippen LogP contribution is -2.45. The molecule has 1 aliphatic heterocycles. The minimum atomic E-state index is -0.484. The quantitative estimate of drug-likeness (QED) is 0.749. The number of nitrogens with zero attached hydrogens (tertiary/aromatic N) is 3. The van der Waals surface area contributed by atoms with Crippen LogP contribution in [0.3, 0.4) is 0 Å². The van der Waals surface area contributed by atoms with Crippen LogP contribution >= 0.6 is 0 Å². The Kier molecular flexibility index (Phi) is 6.07. The van der Waals surface area contributed by atoms with Gasteiger partial charge in [-0.05, 0) is 38.5 Å². The number of carbonyl (C=O) groups excluding carboxylic acids is 1. The molecule has 5 nitrogen and oxygen atoms in total. The summed E-state index contributed by atoms with van der Waals surface area (Å²) in [5.74, 6) is 2.68. The van der Waals surface area contributed by atoms with E-state index < -0.39 is 5.41 Å².